The third-order valence-corrected chi connectivity index (χ3v) is 4.36. The second-order valence-electron chi connectivity index (χ2n) is 5.95. The van der Waals surface area contributed by atoms with E-state index in [-0.39, 0.29) is 0 Å². The summed E-state index contributed by atoms with van der Waals surface area (Å²) < 4.78 is 0. The first kappa shape index (κ1) is 15.2. The van der Waals surface area contributed by atoms with Gasteiger partial charge in [0, 0.05) is 29.2 Å². The van der Waals surface area contributed by atoms with Gasteiger partial charge >= 0.3 is 0 Å². The van der Waals surface area contributed by atoms with Crippen LogP contribution in [0.4, 0.5) is 5.69 Å². The van der Waals surface area contributed by atoms with E-state index in [2.05, 4.69) is 41.4 Å². The van der Waals surface area contributed by atoms with Gasteiger partial charge in [-0.2, -0.15) is 0 Å². The maximum atomic E-state index is 6.58. The van der Waals surface area contributed by atoms with Gasteiger partial charge in [0.1, 0.15) is 0 Å². The number of benzene rings is 3. The minimum absolute atomic E-state index is 0.801. The van der Waals surface area contributed by atoms with Crippen molar-refractivity contribution in [3.63, 3.8) is 0 Å². The average Bonchev–Trinajstić information content (AvgIpc) is 2.70. The summed E-state index contributed by atoms with van der Waals surface area (Å²) in [6.45, 7) is 0. The Morgan fingerprint density at radius 3 is 1.48 bits per heavy atom. The SMILES string of the molecule is Nc1c(-c2ccccc2)cc(-c2ccncc2)cc1-c1ccccc1. The zero-order valence-corrected chi connectivity index (χ0v) is 13.8. The van der Waals surface area contributed by atoms with Crippen LogP contribution < -0.4 is 5.73 Å². The Labute approximate surface area is 147 Å². The minimum Gasteiger partial charge on any atom is -0.398 e. The molecule has 1 heterocycles. The van der Waals surface area contributed by atoms with E-state index in [1.54, 1.807) is 0 Å². The molecule has 0 bridgehead atoms. The van der Waals surface area contributed by atoms with Crippen LogP contribution in [0.3, 0.4) is 0 Å². The van der Waals surface area contributed by atoms with Crippen molar-refractivity contribution in [2.45, 2.75) is 0 Å². The van der Waals surface area contributed by atoms with E-state index in [1.807, 2.05) is 60.9 Å². The molecule has 25 heavy (non-hydrogen) atoms. The molecule has 0 saturated carbocycles. The molecule has 2 heteroatoms. The Morgan fingerprint density at radius 1 is 0.520 bits per heavy atom. The van der Waals surface area contributed by atoms with Crippen molar-refractivity contribution in [2.24, 2.45) is 0 Å². The number of nitrogen functional groups attached to an aromatic ring is 1. The number of pyridine rings is 1. The van der Waals surface area contributed by atoms with Gasteiger partial charge in [0.2, 0.25) is 0 Å². The monoisotopic (exact) mass is 322 g/mol. The molecule has 3 aromatic carbocycles. The number of aromatic nitrogens is 1. The molecule has 0 aliphatic carbocycles. The van der Waals surface area contributed by atoms with Crippen molar-refractivity contribution in [3.8, 4) is 33.4 Å². The molecule has 0 spiro atoms. The van der Waals surface area contributed by atoms with E-state index < -0.39 is 0 Å². The fourth-order valence-electron chi connectivity index (χ4n) is 3.08. The topological polar surface area (TPSA) is 38.9 Å². The van der Waals surface area contributed by atoms with Crippen molar-refractivity contribution in [2.75, 3.05) is 5.73 Å². The molecule has 2 nitrogen and oxygen atoms in total. The summed E-state index contributed by atoms with van der Waals surface area (Å²) in [7, 11) is 0. The van der Waals surface area contributed by atoms with E-state index in [1.165, 1.54) is 0 Å². The fourth-order valence-corrected chi connectivity index (χ4v) is 3.08. The van der Waals surface area contributed by atoms with Gasteiger partial charge in [-0.15, -0.1) is 0 Å². The molecule has 2 N–H and O–H groups in total. The minimum atomic E-state index is 0.801. The molecule has 0 radical (unpaired) electrons. The molecule has 0 atom stereocenters. The molecule has 120 valence electrons. The van der Waals surface area contributed by atoms with Crippen LogP contribution in [0.5, 0.6) is 0 Å². The van der Waals surface area contributed by atoms with E-state index in [0.717, 1.165) is 39.1 Å². The third kappa shape index (κ3) is 3.02. The zero-order valence-electron chi connectivity index (χ0n) is 13.8. The summed E-state index contributed by atoms with van der Waals surface area (Å²) in [4.78, 5) is 4.12. The van der Waals surface area contributed by atoms with Gasteiger partial charge in [-0.05, 0) is 46.5 Å². The quantitative estimate of drug-likeness (QED) is 0.494. The highest BCUT2D eigenvalue weighted by molar-refractivity contribution is 5.93. The van der Waals surface area contributed by atoms with Gasteiger partial charge in [0.15, 0.2) is 0 Å². The first-order valence-corrected chi connectivity index (χ1v) is 8.28. The number of anilines is 1. The van der Waals surface area contributed by atoms with Crippen LogP contribution in [0.15, 0.2) is 97.3 Å². The highest BCUT2D eigenvalue weighted by Gasteiger charge is 2.12. The van der Waals surface area contributed by atoms with Crippen LogP contribution in [0.2, 0.25) is 0 Å². The van der Waals surface area contributed by atoms with Gasteiger partial charge in [-0.1, -0.05) is 60.7 Å². The second-order valence-corrected chi connectivity index (χ2v) is 5.95. The molecular weight excluding hydrogens is 304 g/mol. The molecular formula is C23H18N2. The van der Waals surface area contributed by atoms with E-state index in [4.69, 9.17) is 5.73 Å². The van der Waals surface area contributed by atoms with Crippen LogP contribution in [-0.4, -0.2) is 4.98 Å². The molecule has 4 aromatic rings. The summed E-state index contributed by atoms with van der Waals surface area (Å²) in [5.41, 5.74) is 14.0. The Balaban J connectivity index is 1.98. The summed E-state index contributed by atoms with van der Waals surface area (Å²) in [5, 5.41) is 0. The summed E-state index contributed by atoms with van der Waals surface area (Å²) in [6, 6.07) is 28.9. The van der Waals surface area contributed by atoms with Gasteiger partial charge in [-0.3, -0.25) is 4.98 Å². The van der Waals surface area contributed by atoms with E-state index >= 15 is 0 Å². The average molecular weight is 322 g/mol. The van der Waals surface area contributed by atoms with Crippen LogP contribution in [0.1, 0.15) is 0 Å². The summed E-state index contributed by atoms with van der Waals surface area (Å²) in [5.74, 6) is 0. The predicted molar refractivity (Wildman–Crippen MR) is 105 cm³/mol. The lowest BCUT2D eigenvalue weighted by molar-refractivity contribution is 1.33. The zero-order chi connectivity index (χ0) is 17.1. The van der Waals surface area contributed by atoms with Crippen LogP contribution in [0, 0.1) is 0 Å². The van der Waals surface area contributed by atoms with Crippen LogP contribution in [0.25, 0.3) is 33.4 Å². The lowest BCUT2D eigenvalue weighted by atomic mass is 9.91. The van der Waals surface area contributed by atoms with Crippen molar-refractivity contribution in [1.82, 2.24) is 4.98 Å². The molecule has 0 aliphatic heterocycles. The third-order valence-electron chi connectivity index (χ3n) is 4.36. The van der Waals surface area contributed by atoms with Crippen molar-refractivity contribution < 1.29 is 0 Å². The maximum Gasteiger partial charge on any atom is 0.0473 e. The van der Waals surface area contributed by atoms with Gasteiger partial charge in [-0.25, -0.2) is 0 Å². The van der Waals surface area contributed by atoms with Gasteiger partial charge in [0.05, 0.1) is 0 Å². The number of rotatable bonds is 3. The smallest absolute Gasteiger partial charge is 0.0473 e. The first-order valence-electron chi connectivity index (χ1n) is 8.28. The molecule has 0 fully saturated rings. The highest BCUT2D eigenvalue weighted by Crippen LogP contribution is 2.38. The largest absolute Gasteiger partial charge is 0.398 e. The number of hydrogen-bond acceptors (Lipinski definition) is 2. The van der Waals surface area contributed by atoms with Gasteiger partial charge in [0.25, 0.3) is 0 Å². The number of hydrogen-bond donors (Lipinski definition) is 1. The second kappa shape index (κ2) is 6.62. The normalized spacial score (nSPS) is 10.6. The van der Waals surface area contributed by atoms with E-state index in [9.17, 15) is 0 Å². The summed E-state index contributed by atoms with van der Waals surface area (Å²) in [6.07, 6.45) is 3.63. The Morgan fingerprint density at radius 2 is 1.00 bits per heavy atom. The molecule has 4 rings (SSSR count). The van der Waals surface area contributed by atoms with Gasteiger partial charge < -0.3 is 5.73 Å². The lowest BCUT2D eigenvalue weighted by Crippen LogP contribution is -1.96. The standard InChI is InChI=1S/C23H18N2/c24-23-21(18-7-3-1-4-8-18)15-20(17-11-13-25-14-12-17)16-22(23)19-9-5-2-6-10-19/h1-16H,24H2. The Hall–Kier alpha value is -3.39. The first-order chi connectivity index (χ1) is 12.3. The Bertz CT molecular complexity index is 918. The molecule has 1 aromatic heterocycles. The fraction of sp³-hybridized carbons (Fsp3) is 0. The van der Waals surface area contributed by atoms with Crippen molar-refractivity contribution >= 4 is 5.69 Å². The molecule has 0 unspecified atom stereocenters. The van der Waals surface area contributed by atoms with Crippen LogP contribution in [-0.2, 0) is 0 Å². The maximum absolute atomic E-state index is 6.58. The van der Waals surface area contributed by atoms with E-state index in [0.29, 0.717) is 0 Å². The molecule has 0 saturated heterocycles. The van der Waals surface area contributed by atoms with Crippen molar-refractivity contribution in [1.29, 1.82) is 0 Å². The number of nitrogens with two attached hydrogens (primary N) is 1. The summed E-state index contributed by atoms with van der Waals surface area (Å²) >= 11 is 0. The molecule has 0 amide bonds. The van der Waals surface area contributed by atoms with Crippen LogP contribution >= 0.6 is 0 Å². The highest BCUT2D eigenvalue weighted by atomic mass is 14.6. The van der Waals surface area contributed by atoms with Crippen molar-refractivity contribution in [3.05, 3.63) is 97.3 Å². The predicted octanol–water partition coefficient (Wildman–Crippen LogP) is 5.66. The lowest BCUT2D eigenvalue weighted by Gasteiger charge is -2.15. The number of nitrogens with zero attached hydrogens (tertiary/aromatic N) is 1. The Kier molecular flexibility index (Phi) is 4.01. The molecule has 0 aliphatic rings.